The lowest BCUT2D eigenvalue weighted by molar-refractivity contribution is 0.249. The molecule has 1 aromatic rings. The predicted molar refractivity (Wildman–Crippen MR) is 75.3 cm³/mol. The molecule has 1 heterocycles. The highest BCUT2D eigenvalue weighted by molar-refractivity contribution is 9.11. The Kier molecular flexibility index (Phi) is 4.18. The summed E-state index contributed by atoms with van der Waals surface area (Å²) < 4.78 is 28.0. The van der Waals surface area contributed by atoms with Crippen molar-refractivity contribution in [2.75, 3.05) is 13.2 Å². The maximum Gasteiger partial charge on any atom is 0.250 e. The largest absolute Gasteiger partial charge is 0.396 e. The average molecular weight is 354 g/mol. The van der Waals surface area contributed by atoms with Gasteiger partial charge in [-0.3, -0.25) is 0 Å². The summed E-state index contributed by atoms with van der Waals surface area (Å²) in [6.07, 6.45) is 2.65. The van der Waals surface area contributed by atoms with Crippen LogP contribution in [0.15, 0.2) is 14.1 Å². The summed E-state index contributed by atoms with van der Waals surface area (Å²) in [5.74, 6) is 0. The van der Waals surface area contributed by atoms with Crippen LogP contribution < -0.4 is 4.72 Å². The van der Waals surface area contributed by atoms with E-state index < -0.39 is 10.0 Å². The Bertz CT molecular complexity index is 515. The summed E-state index contributed by atoms with van der Waals surface area (Å²) in [6.45, 7) is 2.41. The monoisotopic (exact) mass is 353 g/mol. The van der Waals surface area contributed by atoms with E-state index in [2.05, 4.69) is 20.7 Å². The third-order valence-corrected chi connectivity index (χ3v) is 7.35. The molecular weight excluding hydrogens is 338 g/mol. The standard InChI is InChI=1S/C11H16BrNO3S2/c1-8-6-9(17-10(8)12)18(15,16)13-7-11(2-3-11)4-5-14/h6,13-14H,2-5,7H2,1H3. The lowest BCUT2D eigenvalue weighted by Gasteiger charge is -2.13. The minimum absolute atomic E-state index is 0.00858. The number of hydrogen-bond acceptors (Lipinski definition) is 4. The fourth-order valence-electron chi connectivity index (χ4n) is 1.81. The van der Waals surface area contributed by atoms with E-state index in [0.717, 1.165) is 22.2 Å². The molecule has 102 valence electrons. The highest BCUT2D eigenvalue weighted by Gasteiger charge is 2.42. The van der Waals surface area contributed by atoms with E-state index in [9.17, 15) is 8.42 Å². The van der Waals surface area contributed by atoms with Gasteiger partial charge in [-0.25, -0.2) is 13.1 Å². The van der Waals surface area contributed by atoms with Crippen LogP contribution in [0, 0.1) is 12.3 Å². The van der Waals surface area contributed by atoms with Crippen LogP contribution in [-0.2, 0) is 10.0 Å². The fraction of sp³-hybridized carbons (Fsp3) is 0.636. The Balaban J connectivity index is 2.04. The Hall–Kier alpha value is 0.0500. The number of rotatable bonds is 6. The normalized spacial score (nSPS) is 17.9. The van der Waals surface area contributed by atoms with Crippen molar-refractivity contribution in [2.24, 2.45) is 5.41 Å². The smallest absolute Gasteiger partial charge is 0.250 e. The van der Waals surface area contributed by atoms with Crippen molar-refractivity contribution in [1.29, 1.82) is 0 Å². The van der Waals surface area contributed by atoms with Gasteiger partial charge in [0.25, 0.3) is 0 Å². The van der Waals surface area contributed by atoms with Crippen molar-refractivity contribution < 1.29 is 13.5 Å². The van der Waals surface area contributed by atoms with E-state index in [0.29, 0.717) is 17.2 Å². The molecule has 0 aromatic carbocycles. The topological polar surface area (TPSA) is 66.4 Å². The molecule has 0 atom stereocenters. The van der Waals surface area contributed by atoms with Crippen LogP contribution in [0.1, 0.15) is 24.8 Å². The van der Waals surface area contributed by atoms with Crippen LogP contribution in [0.2, 0.25) is 0 Å². The molecule has 0 radical (unpaired) electrons. The van der Waals surface area contributed by atoms with Crippen LogP contribution >= 0.6 is 27.3 Å². The van der Waals surface area contributed by atoms with Crippen molar-refractivity contribution in [3.8, 4) is 0 Å². The first-order valence-electron chi connectivity index (χ1n) is 5.75. The zero-order valence-electron chi connectivity index (χ0n) is 10.1. The third-order valence-electron chi connectivity index (χ3n) is 3.34. The molecule has 0 aliphatic heterocycles. The van der Waals surface area contributed by atoms with Gasteiger partial charge in [0.05, 0.1) is 3.79 Å². The summed E-state index contributed by atoms with van der Waals surface area (Å²) in [7, 11) is -3.42. The molecule has 0 spiro atoms. The quantitative estimate of drug-likeness (QED) is 0.824. The molecule has 1 saturated carbocycles. The van der Waals surface area contributed by atoms with E-state index in [1.54, 1.807) is 6.07 Å². The van der Waals surface area contributed by atoms with E-state index >= 15 is 0 Å². The number of nitrogens with one attached hydrogen (secondary N) is 1. The molecule has 2 N–H and O–H groups in total. The summed E-state index contributed by atoms with van der Waals surface area (Å²) in [5, 5.41) is 8.95. The molecule has 1 aliphatic rings. The molecule has 1 fully saturated rings. The summed E-state index contributed by atoms with van der Waals surface area (Å²) >= 11 is 4.55. The van der Waals surface area contributed by atoms with Crippen LogP contribution in [0.25, 0.3) is 0 Å². The number of sulfonamides is 1. The van der Waals surface area contributed by atoms with Crippen molar-refractivity contribution >= 4 is 37.3 Å². The number of aliphatic hydroxyl groups is 1. The number of halogens is 1. The van der Waals surface area contributed by atoms with Gasteiger partial charge in [0.2, 0.25) is 10.0 Å². The summed E-state index contributed by atoms with van der Waals surface area (Å²) in [4.78, 5) is 0. The Morgan fingerprint density at radius 2 is 2.22 bits per heavy atom. The predicted octanol–water partition coefficient (Wildman–Crippen LogP) is 2.26. The minimum atomic E-state index is -3.42. The van der Waals surface area contributed by atoms with Gasteiger partial charge in [0.1, 0.15) is 4.21 Å². The van der Waals surface area contributed by atoms with Gasteiger partial charge >= 0.3 is 0 Å². The fourth-order valence-corrected chi connectivity index (χ4v) is 5.24. The van der Waals surface area contributed by atoms with Gasteiger partial charge in [-0.1, -0.05) is 0 Å². The van der Waals surface area contributed by atoms with E-state index in [1.165, 1.54) is 11.3 Å². The van der Waals surface area contributed by atoms with Crippen molar-refractivity contribution in [3.05, 3.63) is 15.4 Å². The van der Waals surface area contributed by atoms with Gasteiger partial charge in [0, 0.05) is 13.2 Å². The van der Waals surface area contributed by atoms with E-state index in [-0.39, 0.29) is 12.0 Å². The van der Waals surface area contributed by atoms with Gasteiger partial charge in [-0.05, 0) is 59.2 Å². The number of hydrogen-bond donors (Lipinski definition) is 2. The molecular formula is C11H16BrNO3S2. The second-order valence-electron chi connectivity index (χ2n) is 4.82. The number of thiophene rings is 1. The van der Waals surface area contributed by atoms with Gasteiger partial charge in [-0.2, -0.15) is 0 Å². The second-order valence-corrected chi connectivity index (χ2v) is 9.18. The average Bonchev–Trinajstić information content (AvgIpc) is 2.98. The molecule has 7 heteroatoms. The van der Waals surface area contributed by atoms with Crippen molar-refractivity contribution in [3.63, 3.8) is 0 Å². The second kappa shape index (κ2) is 5.20. The Morgan fingerprint density at radius 3 is 2.67 bits per heavy atom. The molecule has 0 bridgehead atoms. The molecule has 1 aliphatic carbocycles. The van der Waals surface area contributed by atoms with Crippen LogP contribution in [-0.4, -0.2) is 26.7 Å². The third kappa shape index (κ3) is 3.14. The zero-order valence-corrected chi connectivity index (χ0v) is 13.3. The Morgan fingerprint density at radius 1 is 1.56 bits per heavy atom. The van der Waals surface area contributed by atoms with Crippen LogP contribution in [0.5, 0.6) is 0 Å². The maximum absolute atomic E-state index is 12.1. The first-order chi connectivity index (χ1) is 8.38. The maximum atomic E-state index is 12.1. The van der Waals surface area contributed by atoms with E-state index in [1.807, 2.05) is 6.92 Å². The van der Waals surface area contributed by atoms with Crippen LogP contribution in [0.3, 0.4) is 0 Å². The first-order valence-corrected chi connectivity index (χ1v) is 8.84. The van der Waals surface area contributed by atoms with Crippen molar-refractivity contribution in [1.82, 2.24) is 4.72 Å². The van der Waals surface area contributed by atoms with Gasteiger partial charge < -0.3 is 5.11 Å². The highest BCUT2D eigenvalue weighted by Crippen LogP contribution is 2.48. The zero-order chi connectivity index (χ0) is 13.4. The molecule has 0 unspecified atom stereocenters. The minimum Gasteiger partial charge on any atom is -0.396 e. The molecule has 4 nitrogen and oxygen atoms in total. The SMILES string of the molecule is Cc1cc(S(=O)(=O)NCC2(CCO)CC2)sc1Br. The molecule has 0 saturated heterocycles. The molecule has 2 rings (SSSR count). The molecule has 18 heavy (non-hydrogen) atoms. The lowest BCUT2D eigenvalue weighted by atomic mass is 10.0. The van der Waals surface area contributed by atoms with Gasteiger partial charge in [0.15, 0.2) is 0 Å². The molecule has 1 aromatic heterocycles. The van der Waals surface area contributed by atoms with Crippen LogP contribution in [0.4, 0.5) is 0 Å². The van der Waals surface area contributed by atoms with Gasteiger partial charge in [-0.15, -0.1) is 11.3 Å². The van der Waals surface area contributed by atoms with E-state index in [4.69, 9.17) is 5.11 Å². The number of aliphatic hydroxyl groups excluding tert-OH is 1. The summed E-state index contributed by atoms with van der Waals surface area (Å²) in [5.41, 5.74) is 0.919. The van der Waals surface area contributed by atoms with Crippen molar-refractivity contribution in [2.45, 2.75) is 30.4 Å². The lowest BCUT2D eigenvalue weighted by Crippen LogP contribution is -2.30. The molecule has 0 amide bonds. The first kappa shape index (κ1) is 14.5. The highest BCUT2D eigenvalue weighted by atomic mass is 79.9. The summed E-state index contributed by atoms with van der Waals surface area (Å²) in [6, 6.07) is 1.67. The number of aryl methyl sites for hydroxylation is 1. The Labute approximate surface area is 120 Å².